The molecule has 4 N–H and O–H groups in total. The number of nitrogens with one attached hydrogen (secondary N) is 3. The van der Waals surface area contributed by atoms with Crippen LogP contribution in [0.5, 0.6) is 0 Å². The lowest BCUT2D eigenvalue weighted by molar-refractivity contribution is -0.155. The van der Waals surface area contributed by atoms with Crippen molar-refractivity contribution in [2.24, 2.45) is 0 Å². The lowest BCUT2D eigenvalue weighted by Crippen LogP contribution is -2.59. The van der Waals surface area contributed by atoms with Gasteiger partial charge in [0.25, 0.3) is 11.8 Å². The molecule has 3 aromatic heterocycles. The van der Waals surface area contributed by atoms with Crippen LogP contribution in [0.25, 0.3) is 16.9 Å². The van der Waals surface area contributed by atoms with Crippen LogP contribution >= 0.6 is 11.6 Å². The summed E-state index contributed by atoms with van der Waals surface area (Å²) in [5.41, 5.74) is -1.31. The summed E-state index contributed by atoms with van der Waals surface area (Å²) in [6, 6.07) is 4.76. The molecule has 2 amide bonds. The second kappa shape index (κ2) is 11.1. The molecular formula is C27H27ClF3N9O3. The summed E-state index contributed by atoms with van der Waals surface area (Å²) in [4.78, 5) is 37.9. The molecule has 6 rings (SSSR count). The average Bonchev–Trinajstić information content (AvgIpc) is 3.65. The van der Waals surface area contributed by atoms with E-state index in [0.29, 0.717) is 57.8 Å². The van der Waals surface area contributed by atoms with Gasteiger partial charge in [0.1, 0.15) is 11.3 Å². The lowest BCUT2D eigenvalue weighted by Gasteiger charge is -2.40. The van der Waals surface area contributed by atoms with E-state index in [1.807, 2.05) is 5.10 Å². The first-order chi connectivity index (χ1) is 20.5. The number of H-pyrrole nitrogens is 1. The Bertz CT molecular complexity index is 1670. The van der Waals surface area contributed by atoms with Gasteiger partial charge in [-0.15, -0.1) is 0 Å². The van der Waals surface area contributed by atoms with E-state index >= 15 is 0 Å². The van der Waals surface area contributed by atoms with Crippen LogP contribution in [0.4, 0.5) is 24.7 Å². The minimum atomic E-state index is -4.62. The SMILES string of the molecule is O=C(c1ccc(Nc2nccn3c(-c4cn[nH]c4C(F)(F)F)cnc23)cc1Cl)N1CCN(C(=O)C2(O)CCNCC2)CC1. The van der Waals surface area contributed by atoms with E-state index in [0.717, 1.165) is 6.20 Å². The Morgan fingerprint density at radius 3 is 2.47 bits per heavy atom. The first-order valence-electron chi connectivity index (χ1n) is 13.6. The third-order valence-electron chi connectivity index (χ3n) is 7.77. The number of benzene rings is 1. The Hall–Kier alpha value is -4.21. The van der Waals surface area contributed by atoms with Gasteiger partial charge in [0, 0.05) is 44.3 Å². The first kappa shape index (κ1) is 28.9. The lowest BCUT2D eigenvalue weighted by atomic mass is 9.90. The maximum absolute atomic E-state index is 13.4. The molecule has 2 aliphatic heterocycles. The van der Waals surface area contributed by atoms with Gasteiger partial charge in [0.2, 0.25) is 0 Å². The maximum Gasteiger partial charge on any atom is 0.433 e. The zero-order valence-electron chi connectivity index (χ0n) is 22.7. The predicted octanol–water partition coefficient (Wildman–Crippen LogP) is 2.93. The number of aliphatic hydroxyl groups is 1. The molecule has 0 aliphatic carbocycles. The van der Waals surface area contributed by atoms with Gasteiger partial charge < -0.3 is 25.5 Å². The van der Waals surface area contributed by atoms with Gasteiger partial charge in [-0.2, -0.15) is 18.3 Å². The summed E-state index contributed by atoms with van der Waals surface area (Å²) in [5.74, 6) is -0.326. The van der Waals surface area contributed by atoms with Crippen molar-refractivity contribution < 1.29 is 27.9 Å². The summed E-state index contributed by atoms with van der Waals surface area (Å²) in [7, 11) is 0. The van der Waals surface area contributed by atoms with Gasteiger partial charge in [0.05, 0.1) is 34.2 Å². The minimum absolute atomic E-state index is 0.157. The molecule has 0 saturated carbocycles. The molecule has 226 valence electrons. The third-order valence-corrected chi connectivity index (χ3v) is 8.08. The van der Waals surface area contributed by atoms with Gasteiger partial charge in [-0.1, -0.05) is 11.6 Å². The summed E-state index contributed by atoms with van der Waals surface area (Å²) in [6.45, 7) is 2.37. The number of piperidine rings is 1. The number of carbonyl (C=O) groups is 2. The number of fused-ring (bicyclic) bond motifs is 1. The van der Waals surface area contributed by atoms with Gasteiger partial charge in [-0.05, 0) is 44.1 Å². The fraction of sp³-hybridized carbons (Fsp3) is 0.370. The van der Waals surface area contributed by atoms with Crippen LogP contribution in [0.3, 0.4) is 0 Å². The molecular weight excluding hydrogens is 591 g/mol. The molecule has 0 radical (unpaired) electrons. The first-order valence-corrected chi connectivity index (χ1v) is 13.9. The van der Waals surface area contributed by atoms with Crippen LogP contribution in [-0.2, 0) is 11.0 Å². The Labute approximate surface area is 247 Å². The Morgan fingerprint density at radius 2 is 1.77 bits per heavy atom. The molecule has 2 fully saturated rings. The van der Waals surface area contributed by atoms with Crippen molar-refractivity contribution in [2.75, 3.05) is 44.6 Å². The van der Waals surface area contributed by atoms with E-state index in [-0.39, 0.29) is 45.1 Å². The van der Waals surface area contributed by atoms with Crippen molar-refractivity contribution >= 4 is 40.6 Å². The molecule has 0 spiro atoms. The molecule has 43 heavy (non-hydrogen) atoms. The van der Waals surface area contributed by atoms with Crippen LogP contribution in [0.1, 0.15) is 28.9 Å². The average molecular weight is 618 g/mol. The molecule has 0 bridgehead atoms. The second-order valence-corrected chi connectivity index (χ2v) is 10.9. The van der Waals surface area contributed by atoms with Gasteiger partial charge in [0.15, 0.2) is 11.5 Å². The highest BCUT2D eigenvalue weighted by atomic mass is 35.5. The molecule has 2 saturated heterocycles. The van der Waals surface area contributed by atoms with E-state index in [2.05, 4.69) is 25.7 Å². The Morgan fingerprint density at radius 1 is 1.05 bits per heavy atom. The summed E-state index contributed by atoms with van der Waals surface area (Å²) in [6.07, 6.45) is 1.39. The number of rotatable bonds is 5. The van der Waals surface area contributed by atoms with E-state index in [9.17, 15) is 27.9 Å². The van der Waals surface area contributed by atoms with E-state index in [1.54, 1.807) is 28.0 Å². The van der Waals surface area contributed by atoms with Crippen molar-refractivity contribution in [3.8, 4) is 11.3 Å². The summed E-state index contributed by atoms with van der Waals surface area (Å²) >= 11 is 6.51. The van der Waals surface area contributed by atoms with E-state index in [1.165, 1.54) is 23.0 Å². The van der Waals surface area contributed by atoms with Gasteiger partial charge >= 0.3 is 6.18 Å². The molecule has 12 nitrogen and oxygen atoms in total. The van der Waals surface area contributed by atoms with Crippen LogP contribution in [0, 0.1) is 0 Å². The number of hydrogen-bond donors (Lipinski definition) is 4. The molecule has 0 atom stereocenters. The number of piperazine rings is 1. The standard InChI is InChI=1S/C27H27ClF3N9O3/c28-19-13-16(36-22-23-34-15-20(40(23)8-7-33-22)18-14-35-37-21(18)27(29,30)31)1-2-17(19)24(41)38-9-11-39(12-10-38)25(42)26(43)3-5-32-6-4-26/h1-2,7-8,13-15,32,43H,3-6,9-12H2,(H,33,36)(H,35,37). The number of hydrogen-bond acceptors (Lipinski definition) is 8. The van der Waals surface area contributed by atoms with Crippen LogP contribution in [0.15, 0.2) is 43.0 Å². The van der Waals surface area contributed by atoms with Gasteiger partial charge in [-0.3, -0.25) is 19.1 Å². The normalized spacial score (nSPS) is 17.3. The highest BCUT2D eigenvalue weighted by molar-refractivity contribution is 6.34. The number of aromatic amines is 1. The number of halogens is 4. The third kappa shape index (κ3) is 5.50. The zero-order valence-corrected chi connectivity index (χ0v) is 23.4. The van der Waals surface area contributed by atoms with Crippen molar-refractivity contribution in [3.05, 3.63) is 59.3 Å². The van der Waals surface area contributed by atoms with Crippen molar-refractivity contribution in [1.82, 2.24) is 39.7 Å². The Kier molecular flexibility index (Phi) is 7.48. The zero-order chi connectivity index (χ0) is 30.4. The quantitative estimate of drug-likeness (QED) is 0.268. The van der Waals surface area contributed by atoms with Gasteiger partial charge in [-0.25, -0.2) is 9.97 Å². The molecule has 5 heterocycles. The molecule has 0 unspecified atom stereocenters. The molecule has 4 aromatic rings. The maximum atomic E-state index is 13.4. The van der Waals surface area contributed by atoms with Crippen molar-refractivity contribution in [2.45, 2.75) is 24.6 Å². The Balaban J connectivity index is 1.15. The molecule has 2 aliphatic rings. The molecule has 1 aromatic carbocycles. The van der Waals surface area contributed by atoms with Crippen molar-refractivity contribution in [3.63, 3.8) is 0 Å². The van der Waals surface area contributed by atoms with Crippen LogP contribution < -0.4 is 10.6 Å². The largest absolute Gasteiger partial charge is 0.433 e. The number of imidazole rings is 1. The van der Waals surface area contributed by atoms with Crippen LogP contribution in [0.2, 0.25) is 5.02 Å². The minimum Gasteiger partial charge on any atom is -0.380 e. The van der Waals surface area contributed by atoms with E-state index in [4.69, 9.17) is 11.6 Å². The highest BCUT2D eigenvalue weighted by Gasteiger charge is 2.41. The fourth-order valence-corrected chi connectivity index (χ4v) is 5.70. The number of carbonyl (C=O) groups excluding carboxylic acids is 2. The van der Waals surface area contributed by atoms with E-state index < -0.39 is 17.5 Å². The number of anilines is 2. The predicted molar refractivity (Wildman–Crippen MR) is 150 cm³/mol. The second-order valence-electron chi connectivity index (χ2n) is 10.5. The van der Waals surface area contributed by atoms with Crippen LogP contribution in [-0.4, -0.2) is 96.2 Å². The number of amides is 2. The fourth-order valence-electron chi connectivity index (χ4n) is 5.44. The number of nitrogens with zero attached hydrogens (tertiary/aromatic N) is 6. The number of aromatic nitrogens is 5. The molecule has 16 heteroatoms. The monoisotopic (exact) mass is 617 g/mol. The number of alkyl halides is 3. The summed E-state index contributed by atoms with van der Waals surface area (Å²) in [5, 5.41) is 22.7. The highest BCUT2D eigenvalue weighted by Crippen LogP contribution is 2.36. The van der Waals surface area contributed by atoms with Crippen molar-refractivity contribution in [1.29, 1.82) is 0 Å². The topological polar surface area (TPSA) is 144 Å². The smallest absolute Gasteiger partial charge is 0.380 e. The summed E-state index contributed by atoms with van der Waals surface area (Å²) < 4.78 is 41.7.